The molecule has 0 nitrogen and oxygen atoms in total. The number of rotatable bonds is 5. The molecule has 0 aromatic heterocycles. The Labute approximate surface area is 88.4 Å². The van der Waals surface area contributed by atoms with Crippen LogP contribution in [0.4, 0.5) is 0 Å². The first kappa shape index (κ1) is 11.3. The van der Waals surface area contributed by atoms with Crippen LogP contribution in [0.1, 0.15) is 51.5 Å². The van der Waals surface area contributed by atoms with Gasteiger partial charge < -0.3 is 0 Å². The van der Waals surface area contributed by atoms with Gasteiger partial charge in [0.2, 0.25) is 0 Å². The van der Waals surface area contributed by atoms with Gasteiger partial charge in [0.05, 0.1) is 0 Å². The second-order valence-electron chi connectivity index (χ2n) is 4.16. The molecule has 2 atom stereocenters. The largest absolute Gasteiger partial charge is 0.0654 e. The molecule has 0 aliphatic rings. The molecule has 14 heavy (non-hydrogen) atoms. The van der Waals surface area contributed by atoms with Crippen molar-refractivity contribution in [2.75, 3.05) is 0 Å². The fourth-order valence-electron chi connectivity index (χ4n) is 2.21. The molecular formula is C14H22. The van der Waals surface area contributed by atoms with Crippen LogP contribution in [0.15, 0.2) is 30.3 Å². The van der Waals surface area contributed by atoms with Crippen molar-refractivity contribution in [3.63, 3.8) is 0 Å². The predicted molar refractivity (Wildman–Crippen MR) is 63.5 cm³/mol. The van der Waals surface area contributed by atoms with Gasteiger partial charge >= 0.3 is 0 Å². The minimum atomic E-state index is 0.709. The molecule has 0 N–H and O–H groups in total. The fraction of sp³-hybridized carbons (Fsp3) is 0.571. The van der Waals surface area contributed by atoms with E-state index in [0.29, 0.717) is 5.92 Å². The maximum Gasteiger partial charge on any atom is -0.0162 e. The van der Waals surface area contributed by atoms with Gasteiger partial charge in [0.25, 0.3) is 0 Å². The van der Waals surface area contributed by atoms with Crippen LogP contribution in [0, 0.1) is 5.92 Å². The molecule has 2 unspecified atom stereocenters. The van der Waals surface area contributed by atoms with Gasteiger partial charge in [-0.1, -0.05) is 70.4 Å². The third-order valence-corrected chi connectivity index (χ3v) is 3.22. The maximum atomic E-state index is 2.36. The molecule has 0 saturated heterocycles. The maximum absolute atomic E-state index is 2.36. The summed E-state index contributed by atoms with van der Waals surface area (Å²) in [4.78, 5) is 0. The van der Waals surface area contributed by atoms with E-state index in [9.17, 15) is 0 Å². The smallest absolute Gasteiger partial charge is 0.0162 e. The van der Waals surface area contributed by atoms with E-state index in [1.165, 1.54) is 24.8 Å². The third-order valence-electron chi connectivity index (χ3n) is 3.22. The monoisotopic (exact) mass is 190 g/mol. The minimum absolute atomic E-state index is 0.709. The predicted octanol–water partition coefficient (Wildman–Crippen LogP) is 4.62. The molecule has 1 aromatic carbocycles. The molecule has 0 spiro atoms. The minimum Gasteiger partial charge on any atom is -0.0654 e. The van der Waals surface area contributed by atoms with Crippen molar-refractivity contribution < 1.29 is 0 Å². The first-order valence-electron chi connectivity index (χ1n) is 5.84. The lowest BCUT2D eigenvalue weighted by molar-refractivity contribution is 0.398. The third kappa shape index (κ3) is 2.87. The average molecular weight is 190 g/mol. The van der Waals surface area contributed by atoms with Crippen LogP contribution >= 0.6 is 0 Å². The second-order valence-corrected chi connectivity index (χ2v) is 4.16. The SMILES string of the molecule is CCCC(CC)C(C)c1ccccc1. The highest BCUT2D eigenvalue weighted by atomic mass is 14.2. The van der Waals surface area contributed by atoms with E-state index in [4.69, 9.17) is 0 Å². The van der Waals surface area contributed by atoms with Gasteiger partial charge in [0.1, 0.15) is 0 Å². The standard InChI is InChI=1S/C14H22/c1-4-9-13(5-2)12(3)14-10-7-6-8-11-14/h6-8,10-13H,4-5,9H2,1-3H3. The van der Waals surface area contributed by atoms with Crippen LogP contribution in [0.3, 0.4) is 0 Å². The van der Waals surface area contributed by atoms with Crippen LogP contribution in [-0.4, -0.2) is 0 Å². The highest BCUT2D eigenvalue weighted by molar-refractivity contribution is 5.19. The van der Waals surface area contributed by atoms with E-state index >= 15 is 0 Å². The van der Waals surface area contributed by atoms with Crippen molar-refractivity contribution in [1.82, 2.24) is 0 Å². The van der Waals surface area contributed by atoms with Crippen LogP contribution < -0.4 is 0 Å². The van der Waals surface area contributed by atoms with Gasteiger partial charge in [-0.05, 0) is 17.4 Å². The Morgan fingerprint density at radius 3 is 2.21 bits per heavy atom. The molecule has 0 fully saturated rings. The number of hydrogen-bond acceptors (Lipinski definition) is 0. The molecule has 0 heteroatoms. The second kappa shape index (κ2) is 5.85. The van der Waals surface area contributed by atoms with E-state index in [1.807, 2.05) is 0 Å². The molecular weight excluding hydrogens is 168 g/mol. The fourth-order valence-corrected chi connectivity index (χ4v) is 2.21. The highest BCUT2D eigenvalue weighted by Crippen LogP contribution is 2.29. The Hall–Kier alpha value is -0.780. The summed E-state index contributed by atoms with van der Waals surface area (Å²) < 4.78 is 0. The average Bonchev–Trinajstić information content (AvgIpc) is 2.26. The first-order valence-corrected chi connectivity index (χ1v) is 5.84. The van der Waals surface area contributed by atoms with Crippen molar-refractivity contribution in [1.29, 1.82) is 0 Å². The Kier molecular flexibility index (Phi) is 4.72. The van der Waals surface area contributed by atoms with Crippen molar-refractivity contribution in [2.24, 2.45) is 5.92 Å². The van der Waals surface area contributed by atoms with Crippen molar-refractivity contribution in [2.45, 2.75) is 46.0 Å². The number of benzene rings is 1. The zero-order valence-corrected chi connectivity index (χ0v) is 9.66. The summed E-state index contributed by atoms with van der Waals surface area (Å²) >= 11 is 0. The molecule has 0 aliphatic heterocycles. The number of hydrogen-bond donors (Lipinski definition) is 0. The topological polar surface area (TPSA) is 0 Å². The van der Waals surface area contributed by atoms with E-state index < -0.39 is 0 Å². The molecule has 0 saturated carbocycles. The molecule has 0 heterocycles. The molecule has 1 rings (SSSR count). The summed E-state index contributed by atoms with van der Waals surface area (Å²) in [5.74, 6) is 1.56. The summed E-state index contributed by atoms with van der Waals surface area (Å²) in [7, 11) is 0. The summed E-state index contributed by atoms with van der Waals surface area (Å²) in [6.07, 6.45) is 3.95. The quantitative estimate of drug-likeness (QED) is 0.635. The van der Waals surface area contributed by atoms with Crippen LogP contribution in [-0.2, 0) is 0 Å². The Balaban J connectivity index is 2.67. The van der Waals surface area contributed by atoms with Crippen molar-refractivity contribution >= 4 is 0 Å². The van der Waals surface area contributed by atoms with Gasteiger partial charge in [-0.2, -0.15) is 0 Å². The normalized spacial score (nSPS) is 15.1. The Morgan fingerprint density at radius 1 is 1.07 bits per heavy atom. The van der Waals surface area contributed by atoms with E-state index in [-0.39, 0.29) is 0 Å². The lowest BCUT2D eigenvalue weighted by atomic mass is 9.83. The molecule has 0 aliphatic carbocycles. The highest BCUT2D eigenvalue weighted by Gasteiger charge is 2.15. The van der Waals surface area contributed by atoms with Gasteiger partial charge in [-0.15, -0.1) is 0 Å². The molecule has 0 bridgehead atoms. The summed E-state index contributed by atoms with van der Waals surface area (Å²) in [5, 5.41) is 0. The summed E-state index contributed by atoms with van der Waals surface area (Å²) in [6.45, 7) is 6.94. The van der Waals surface area contributed by atoms with E-state index in [1.54, 1.807) is 0 Å². The van der Waals surface area contributed by atoms with Gasteiger partial charge in [0, 0.05) is 0 Å². The Bertz CT molecular complexity index is 237. The van der Waals surface area contributed by atoms with Crippen LogP contribution in [0.5, 0.6) is 0 Å². The molecule has 78 valence electrons. The summed E-state index contributed by atoms with van der Waals surface area (Å²) in [5.41, 5.74) is 1.49. The van der Waals surface area contributed by atoms with Crippen molar-refractivity contribution in [3.8, 4) is 0 Å². The van der Waals surface area contributed by atoms with Gasteiger partial charge in [0.15, 0.2) is 0 Å². The molecule has 0 amide bonds. The lowest BCUT2D eigenvalue weighted by Crippen LogP contribution is -2.08. The first-order chi connectivity index (χ1) is 6.79. The molecule has 0 radical (unpaired) electrons. The molecule has 1 aromatic rings. The van der Waals surface area contributed by atoms with Gasteiger partial charge in [-0.25, -0.2) is 0 Å². The van der Waals surface area contributed by atoms with Crippen molar-refractivity contribution in [3.05, 3.63) is 35.9 Å². The van der Waals surface area contributed by atoms with Crippen LogP contribution in [0.25, 0.3) is 0 Å². The van der Waals surface area contributed by atoms with Crippen LogP contribution in [0.2, 0.25) is 0 Å². The zero-order chi connectivity index (χ0) is 10.4. The Morgan fingerprint density at radius 2 is 1.71 bits per heavy atom. The summed E-state index contributed by atoms with van der Waals surface area (Å²) in [6, 6.07) is 10.9. The lowest BCUT2D eigenvalue weighted by Gasteiger charge is -2.22. The van der Waals surface area contributed by atoms with E-state index in [2.05, 4.69) is 51.1 Å². The zero-order valence-electron chi connectivity index (χ0n) is 9.66. The van der Waals surface area contributed by atoms with Gasteiger partial charge in [-0.3, -0.25) is 0 Å². The van der Waals surface area contributed by atoms with E-state index in [0.717, 1.165) is 5.92 Å².